The van der Waals surface area contributed by atoms with Crippen molar-refractivity contribution in [3.8, 4) is 0 Å². The van der Waals surface area contributed by atoms with Crippen LogP contribution in [-0.4, -0.2) is 25.4 Å². The Hall–Kier alpha value is -2.13. The molecule has 9 heteroatoms. The molecule has 0 spiro atoms. The fourth-order valence-corrected chi connectivity index (χ4v) is 4.24. The van der Waals surface area contributed by atoms with Gasteiger partial charge in [0.25, 0.3) is 15.8 Å². The fourth-order valence-electron chi connectivity index (χ4n) is 1.87. The molecule has 5 nitrogen and oxygen atoms in total. The molecule has 0 bridgehead atoms. The summed E-state index contributed by atoms with van der Waals surface area (Å²) in [6, 6.07) is 12.2. The Labute approximate surface area is 135 Å². The third kappa shape index (κ3) is 3.80. The van der Waals surface area contributed by atoms with E-state index in [0.717, 1.165) is 6.07 Å². The van der Waals surface area contributed by atoms with E-state index in [9.17, 15) is 27.1 Å². The van der Waals surface area contributed by atoms with Gasteiger partial charge in [-0.3, -0.25) is 0 Å². The molecule has 2 aromatic rings. The average molecular weight is 359 g/mol. The zero-order chi connectivity index (χ0) is 17.0. The Morgan fingerprint density at radius 3 is 2.17 bits per heavy atom. The van der Waals surface area contributed by atoms with Crippen molar-refractivity contribution in [2.45, 2.75) is 15.5 Å². The molecular formula is C14H11F2NO4S2. The van der Waals surface area contributed by atoms with E-state index in [-0.39, 0.29) is 26.6 Å². The molecule has 1 amide bonds. The Balaban J connectivity index is 2.58. The quantitative estimate of drug-likeness (QED) is 0.820. The van der Waals surface area contributed by atoms with Crippen LogP contribution in [-0.2, 0) is 10.0 Å². The zero-order valence-corrected chi connectivity index (χ0v) is 13.1. The number of thioether (sulfide) groups is 1. The van der Waals surface area contributed by atoms with E-state index in [1.807, 2.05) is 0 Å². The van der Waals surface area contributed by atoms with Gasteiger partial charge in [0.15, 0.2) is 0 Å². The van der Waals surface area contributed by atoms with E-state index in [1.165, 1.54) is 42.5 Å². The molecule has 0 heterocycles. The van der Waals surface area contributed by atoms with Gasteiger partial charge in [-0.15, -0.1) is 0 Å². The number of carboxylic acid groups (broad SMARTS) is 1. The van der Waals surface area contributed by atoms with Crippen molar-refractivity contribution in [2.75, 3.05) is 4.31 Å². The predicted octanol–water partition coefficient (Wildman–Crippen LogP) is 3.87. The summed E-state index contributed by atoms with van der Waals surface area (Å²) in [6.45, 7) is 0. The number of hydrogen-bond donors (Lipinski definition) is 1. The minimum absolute atomic E-state index is 0.0441. The minimum Gasteiger partial charge on any atom is -0.464 e. The second-order valence-corrected chi connectivity index (χ2v) is 7.00. The maximum Gasteiger partial charge on any atom is 0.426 e. The lowest BCUT2D eigenvalue weighted by atomic mass is 10.3. The van der Waals surface area contributed by atoms with E-state index >= 15 is 0 Å². The van der Waals surface area contributed by atoms with Crippen molar-refractivity contribution >= 4 is 33.6 Å². The molecule has 0 aliphatic rings. The molecule has 23 heavy (non-hydrogen) atoms. The standard InChI is InChI=1S/C14H11F2NO4S2/c15-13(16)22-11-8-4-5-9-12(11)23(20,21)17(14(18)19)10-6-2-1-3-7-10/h1-9,13H,(H,18,19). The first kappa shape index (κ1) is 17.2. The van der Waals surface area contributed by atoms with Gasteiger partial charge in [-0.25, -0.2) is 13.2 Å². The van der Waals surface area contributed by atoms with Gasteiger partial charge in [0.1, 0.15) is 4.90 Å². The summed E-state index contributed by atoms with van der Waals surface area (Å²) in [5, 5.41) is 9.29. The second kappa shape index (κ2) is 6.97. The maximum absolute atomic E-state index is 12.7. The molecule has 2 aromatic carbocycles. The van der Waals surface area contributed by atoms with Crippen LogP contribution in [0.1, 0.15) is 0 Å². The molecule has 0 fully saturated rings. The molecule has 0 atom stereocenters. The summed E-state index contributed by atoms with van der Waals surface area (Å²) in [5.41, 5.74) is -0.100. The smallest absolute Gasteiger partial charge is 0.426 e. The molecule has 0 saturated heterocycles. The molecule has 1 N–H and O–H groups in total. The lowest BCUT2D eigenvalue weighted by molar-refractivity contribution is 0.206. The SMILES string of the molecule is O=C(O)N(c1ccccc1)S(=O)(=O)c1ccccc1SC(F)F. The van der Waals surface area contributed by atoms with Crippen LogP contribution in [0.3, 0.4) is 0 Å². The summed E-state index contributed by atoms with van der Waals surface area (Å²) < 4.78 is 50.7. The number of nitrogens with zero attached hydrogens (tertiary/aromatic N) is 1. The van der Waals surface area contributed by atoms with Crippen LogP contribution in [0.5, 0.6) is 0 Å². The Morgan fingerprint density at radius 2 is 1.61 bits per heavy atom. The van der Waals surface area contributed by atoms with Gasteiger partial charge < -0.3 is 5.11 Å². The molecule has 0 saturated carbocycles. The highest BCUT2D eigenvalue weighted by molar-refractivity contribution is 8.00. The molecular weight excluding hydrogens is 348 g/mol. The largest absolute Gasteiger partial charge is 0.464 e. The number of para-hydroxylation sites is 1. The van der Waals surface area contributed by atoms with Gasteiger partial charge in [-0.1, -0.05) is 42.1 Å². The molecule has 0 aliphatic carbocycles. The highest BCUT2D eigenvalue weighted by Gasteiger charge is 2.33. The Morgan fingerprint density at radius 1 is 1.04 bits per heavy atom. The van der Waals surface area contributed by atoms with Gasteiger partial charge in [-0.2, -0.15) is 13.1 Å². The lowest BCUT2D eigenvalue weighted by Crippen LogP contribution is -2.36. The van der Waals surface area contributed by atoms with E-state index in [1.54, 1.807) is 6.07 Å². The van der Waals surface area contributed by atoms with E-state index < -0.39 is 26.8 Å². The molecule has 0 radical (unpaired) electrons. The van der Waals surface area contributed by atoms with Gasteiger partial charge >= 0.3 is 6.09 Å². The number of anilines is 1. The normalized spacial score (nSPS) is 11.4. The van der Waals surface area contributed by atoms with Crippen molar-refractivity contribution in [2.24, 2.45) is 0 Å². The van der Waals surface area contributed by atoms with Crippen LogP contribution in [0, 0.1) is 0 Å². The number of carbonyl (C=O) groups is 1. The Kier molecular flexibility index (Phi) is 5.22. The van der Waals surface area contributed by atoms with Crippen LogP contribution in [0.25, 0.3) is 0 Å². The zero-order valence-electron chi connectivity index (χ0n) is 11.5. The number of benzene rings is 2. The van der Waals surface area contributed by atoms with E-state index in [2.05, 4.69) is 0 Å². The van der Waals surface area contributed by atoms with Crippen molar-refractivity contribution < 1.29 is 27.1 Å². The van der Waals surface area contributed by atoms with Crippen molar-refractivity contribution in [1.82, 2.24) is 0 Å². The Bertz CT molecular complexity index is 797. The molecule has 122 valence electrons. The van der Waals surface area contributed by atoms with Crippen molar-refractivity contribution in [3.63, 3.8) is 0 Å². The van der Waals surface area contributed by atoms with Crippen LogP contribution < -0.4 is 4.31 Å². The second-order valence-electron chi connectivity index (χ2n) is 4.21. The number of sulfonamides is 1. The third-order valence-electron chi connectivity index (χ3n) is 2.75. The summed E-state index contributed by atoms with van der Waals surface area (Å²) in [5.74, 6) is -2.83. The van der Waals surface area contributed by atoms with Crippen LogP contribution >= 0.6 is 11.8 Å². The van der Waals surface area contributed by atoms with Gasteiger partial charge in [0.05, 0.1) is 5.69 Å². The first-order valence-corrected chi connectivity index (χ1v) is 8.53. The van der Waals surface area contributed by atoms with Crippen LogP contribution in [0.15, 0.2) is 64.4 Å². The number of halogens is 2. The highest BCUT2D eigenvalue weighted by Crippen LogP contribution is 2.34. The van der Waals surface area contributed by atoms with Gasteiger partial charge in [0, 0.05) is 4.90 Å². The number of alkyl halides is 2. The van der Waals surface area contributed by atoms with E-state index in [0.29, 0.717) is 0 Å². The monoisotopic (exact) mass is 359 g/mol. The molecule has 2 rings (SSSR count). The van der Waals surface area contributed by atoms with Crippen molar-refractivity contribution in [3.05, 3.63) is 54.6 Å². The predicted molar refractivity (Wildman–Crippen MR) is 82.4 cm³/mol. The fraction of sp³-hybridized carbons (Fsp3) is 0.0714. The molecule has 0 aromatic heterocycles. The van der Waals surface area contributed by atoms with E-state index in [4.69, 9.17) is 0 Å². The first-order valence-electron chi connectivity index (χ1n) is 6.21. The van der Waals surface area contributed by atoms with Crippen molar-refractivity contribution in [1.29, 1.82) is 0 Å². The highest BCUT2D eigenvalue weighted by atomic mass is 32.2. The van der Waals surface area contributed by atoms with Crippen LogP contribution in [0.4, 0.5) is 19.3 Å². The summed E-state index contributed by atoms with van der Waals surface area (Å²) >= 11 is 0.0441. The van der Waals surface area contributed by atoms with Crippen LogP contribution in [0.2, 0.25) is 0 Å². The van der Waals surface area contributed by atoms with Gasteiger partial charge in [-0.05, 0) is 24.3 Å². The summed E-state index contributed by atoms with van der Waals surface area (Å²) in [7, 11) is -4.55. The topological polar surface area (TPSA) is 74.7 Å². The third-order valence-corrected chi connectivity index (χ3v) is 5.42. The maximum atomic E-state index is 12.7. The molecule has 0 aliphatic heterocycles. The summed E-state index contributed by atoms with van der Waals surface area (Å²) in [6.07, 6.45) is -1.73. The number of rotatable bonds is 5. The molecule has 0 unspecified atom stereocenters. The minimum atomic E-state index is -4.55. The average Bonchev–Trinajstić information content (AvgIpc) is 2.47. The first-order chi connectivity index (χ1) is 10.8. The van der Waals surface area contributed by atoms with Gasteiger partial charge in [0.2, 0.25) is 0 Å². The lowest BCUT2D eigenvalue weighted by Gasteiger charge is -2.20. The number of hydrogen-bond acceptors (Lipinski definition) is 4. The number of amides is 1. The summed E-state index contributed by atoms with van der Waals surface area (Å²) in [4.78, 5) is 10.7.